The van der Waals surface area contributed by atoms with Gasteiger partial charge in [-0.15, -0.1) is 0 Å². The summed E-state index contributed by atoms with van der Waals surface area (Å²) in [6, 6.07) is 7.13. The number of carbonyl (C=O) groups excluding carboxylic acids is 1. The molecular weight excluding hydrogens is 362 g/mol. The van der Waals surface area contributed by atoms with E-state index < -0.39 is 5.54 Å². The van der Waals surface area contributed by atoms with Crippen LogP contribution in [0.3, 0.4) is 0 Å². The molecular formula is C23H37N5O. The van der Waals surface area contributed by atoms with Gasteiger partial charge in [0.15, 0.2) is 0 Å². The maximum Gasteiger partial charge on any atom is 0.238 e. The topological polar surface area (TPSA) is 73.6 Å². The first-order valence-electron chi connectivity index (χ1n) is 11.3. The summed E-state index contributed by atoms with van der Waals surface area (Å²) in [5, 5.41) is 0. The highest BCUT2D eigenvalue weighted by atomic mass is 16.1. The Morgan fingerprint density at radius 1 is 1.10 bits per heavy atom. The number of hydrogen-bond acceptors (Lipinski definition) is 5. The van der Waals surface area contributed by atoms with Crippen LogP contribution < -0.4 is 16.6 Å². The van der Waals surface area contributed by atoms with E-state index in [9.17, 15) is 4.79 Å². The van der Waals surface area contributed by atoms with E-state index in [-0.39, 0.29) is 5.91 Å². The van der Waals surface area contributed by atoms with E-state index in [1.54, 1.807) is 0 Å². The Bertz CT molecular complexity index is 722. The highest BCUT2D eigenvalue weighted by molar-refractivity contribution is 5.84. The predicted molar refractivity (Wildman–Crippen MR) is 116 cm³/mol. The van der Waals surface area contributed by atoms with Crippen molar-refractivity contribution < 1.29 is 4.79 Å². The van der Waals surface area contributed by atoms with Crippen LogP contribution in [0.25, 0.3) is 0 Å². The lowest BCUT2D eigenvalue weighted by atomic mass is 9.82. The lowest BCUT2D eigenvalue weighted by molar-refractivity contribution is -0.135. The molecule has 0 spiro atoms. The number of benzene rings is 1. The minimum Gasteiger partial charge on any atom is -0.368 e. The van der Waals surface area contributed by atoms with Crippen molar-refractivity contribution in [2.24, 2.45) is 11.7 Å². The van der Waals surface area contributed by atoms with E-state index in [1.165, 1.54) is 36.0 Å². The van der Waals surface area contributed by atoms with Crippen molar-refractivity contribution in [1.29, 1.82) is 0 Å². The maximum absolute atomic E-state index is 12.5. The third kappa shape index (κ3) is 4.22. The molecule has 29 heavy (non-hydrogen) atoms. The standard InChI is InChI=1S/C23H37N5O/c1-17-6-7-19(14-18(17)2)21-20(15-25-26-21)16-27-12-8-23(9-13-27,22(24)29)28-10-4-3-5-11-28/h6-7,14,20-21,25-26H,3-5,8-13,15-16H2,1-2H3,(H2,24,29). The second-order valence-electron chi connectivity index (χ2n) is 9.35. The average molecular weight is 400 g/mol. The molecule has 0 aliphatic carbocycles. The Morgan fingerprint density at radius 3 is 2.48 bits per heavy atom. The van der Waals surface area contributed by atoms with Crippen LogP contribution in [-0.2, 0) is 4.79 Å². The number of nitrogens with two attached hydrogens (primary N) is 1. The molecule has 160 valence electrons. The second kappa shape index (κ2) is 8.72. The van der Waals surface area contributed by atoms with Crippen LogP contribution in [0.15, 0.2) is 18.2 Å². The quantitative estimate of drug-likeness (QED) is 0.705. The maximum atomic E-state index is 12.5. The Labute approximate surface area is 175 Å². The van der Waals surface area contributed by atoms with Gasteiger partial charge in [-0.2, -0.15) is 0 Å². The zero-order chi connectivity index (χ0) is 20.4. The van der Waals surface area contributed by atoms with Crippen LogP contribution in [0.2, 0.25) is 0 Å². The Balaban J connectivity index is 1.39. The molecule has 4 N–H and O–H groups in total. The molecule has 2 atom stereocenters. The summed E-state index contributed by atoms with van der Waals surface area (Å²) in [5.74, 6) is 0.407. The Kier molecular flexibility index (Phi) is 6.25. The molecule has 0 radical (unpaired) electrons. The second-order valence-corrected chi connectivity index (χ2v) is 9.35. The molecule has 1 aromatic rings. The molecule has 2 unspecified atom stereocenters. The molecule has 6 heteroatoms. The van der Waals surface area contributed by atoms with Crippen LogP contribution in [0.1, 0.15) is 54.8 Å². The number of hydrazine groups is 1. The molecule has 3 aliphatic rings. The van der Waals surface area contributed by atoms with E-state index >= 15 is 0 Å². The highest BCUT2D eigenvalue weighted by Crippen LogP contribution is 2.33. The number of piperidine rings is 2. The Morgan fingerprint density at radius 2 is 1.83 bits per heavy atom. The van der Waals surface area contributed by atoms with Crippen LogP contribution in [0.5, 0.6) is 0 Å². The van der Waals surface area contributed by atoms with Gasteiger partial charge in [-0.25, -0.2) is 5.43 Å². The SMILES string of the molecule is Cc1ccc(C2NNCC2CN2CCC(C(N)=O)(N3CCCCC3)CC2)cc1C. The fourth-order valence-electron chi connectivity index (χ4n) is 5.50. The van der Waals surface area contributed by atoms with Crippen LogP contribution in [-0.4, -0.2) is 60.5 Å². The van der Waals surface area contributed by atoms with Gasteiger partial charge in [-0.1, -0.05) is 24.6 Å². The molecule has 3 heterocycles. The number of nitrogens with one attached hydrogen (secondary N) is 2. The highest BCUT2D eigenvalue weighted by Gasteiger charge is 2.45. The van der Waals surface area contributed by atoms with Gasteiger partial charge >= 0.3 is 0 Å². The zero-order valence-corrected chi connectivity index (χ0v) is 18.0. The Hall–Kier alpha value is -1.47. The molecule has 6 nitrogen and oxygen atoms in total. The summed E-state index contributed by atoms with van der Waals surface area (Å²) < 4.78 is 0. The molecule has 0 saturated carbocycles. The van der Waals surface area contributed by atoms with Gasteiger partial charge in [-0.05, 0) is 69.3 Å². The molecule has 0 aromatic heterocycles. The molecule has 3 aliphatic heterocycles. The molecule has 3 fully saturated rings. The number of nitrogens with zero attached hydrogens (tertiary/aromatic N) is 2. The third-order valence-electron chi connectivity index (χ3n) is 7.58. The van der Waals surface area contributed by atoms with E-state index in [0.29, 0.717) is 12.0 Å². The van der Waals surface area contributed by atoms with Crippen molar-refractivity contribution in [3.05, 3.63) is 34.9 Å². The molecule has 3 saturated heterocycles. The minimum absolute atomic E-state index is 0.115. The van der Waals surface area contributed by atoms with Gasteiger partial charge in [0.2, 0.25) is 5.91 Å². The van der Waals surface area contributed by atoms with Crippen LogP contribution in [0.4, 0.5) is 0 Å². The molecule has 0 bridgehead atoms. The summed E-state index contributed by atoms with van der Waals surface area (Å²) >= 11 is 0. The average Bonchev–Trinajstić information content (AvgIpc) is 3.19. The van der Waals surface area contributed by atoms with Gasteiger partial charge in [0.05, 0.1) is 6.04 Å². The van der Waals surface area contributed by atoms with E-state index in [0.717, 1.165) is 52.1 Å². The summed E-state index contributed by atoms with van der Waals surface area (Å²) in [6.07, 6.45) is 5.39. The van der Waals surface area contributed by atoms with Gasteiger partial charge in [0.25, 0.3) is 0 Å². The van der Waals surface area contributed by atoms with E-state index in [4.69, 9.17) is 5.73 Å². The van der Waals surface area contributed by atoms with Crippen molar-refractivity contribution in [2.75, 3.05) is 39.3 Å². The van der Waals surface area contributed by atoms with Gasteiger partial charge in [0.1, 0.15) is 5.54 Å². The summed E-state index contributed by atoms with van der Waals surface area (Å²) in [5.41, 5.74) is 16.4. The lowest BCUT2D eigenvalue weighted by Gasteiger charge is -2.48. The minimum atomic E-state index is -0.420. The third-order valence-corrected chi connectivity index (χ3v) is 7.58. The molecule has 1 aromatic carbocycles. The van der Waals surface area contributed by atoms with Gasteiger partial charge in [-0.3, -0.25) is 15.1 Å². The van der Waals surface area contributed by atoms with Crippen molar-refractivity contribution >= 4 is 5.91 Å². The number of carbonyl (C=O) groups is 1. The summed E-state index contributed by atoms with van der Waals surface area (Å²) in [7, 11) is 0. The molecule has 1 amide bonds. The number of primary amides is 1. The van der Waals surface area contributed by atoms with Crippen molar-refractivity contribution in [1.82, 2.24) is 20.7 Å². The lowest BCUT2D eigenvalue weighted by Crippen LogP contribution is -2.63. The molecule has 4 rings (SSSR count). The number of hydrogen-bond donors (Lipinski definition) is 3. The number of aryl methyl sites for hydroxylation is 2. The van der Waals surface area contributed by atoms with Crippen LogP contribution in [0, 0.1) is 19.8 Å². The van der Waals surface area contributed by atoms with Crippen LogP contribution >= 0.6 is 0 Å². The summed E-state index contributed by atoms with van der Waals surface area (Å²) in [6.45, 7) is 10.3. The first kappa shape index (κ1) is 20.8. The van der Waals surface area contributed by atoms with Gasteiger partial charge < -0.3 is 10.6 Å². The first-order chi connectivity index (χ1) is 14.0. The summed E-state index contributed by atoms with van der Waals surface area (Å²) in [4.78, 5) is 17.4. The van der Waals surface area contributed by atoms with Crippen molar-refractivity contribution in [2.45, 2.75) is 57.5 Å². The smallest absolute Gasteiger partial charge is 0.238 e. The normalized spacial score (nSPS) is 28.5. The number of rotatable bonds is 5. The van der Waals surface area contributed by atoms with Crippen molar-refractivity contribution in [3.8, 4) is 0 Å². The largest absolute Gasteiger partial charge is 0.368 e. The van der Waals surface area contributed by atoms with Crippen molar-refractivity contribution in [3.63, 3.8) is 0 Å². The monoisotopic (exact) mass is 399 g/mol. The van der Waals surface area contributed by atoms with E-state index in [2.05, 4.69) is 52.7 Å². The fourth-order valence-corrected chi connectivity index (χ4v) is 5.50. The fraction of sp³-hybridized carbons (Fsp3) is 0.696. The van der Waals surface area contributed by atoms with E-state index in [1.807, 2.05) is 0 Å². The zero-order valence-electron chi connectivity index (χ0n) is 18.0. The number of likely N-dealkylation sites (tertiary alicyclic amines) is 2. The van der Waals surface area contributed by atoms with Gasteiger partial charge in [0, 0.05) is 32.1 Å². The number of amides is 1. The first-order valence-corrected chi connectivity index (χ1v) is 11.3. The predicted octanol–water partition coefficient (Wildman–Crippen LogP) is 1.87.